The summed E-state index contributed by atoms with van der Waals surface area (Å²) < 4.78 is 20.8. The summed E-state index contributed by atoms with van der Waals surface area (Å²) in [6, 6.07) is 9.38. The third kappa shape index (κ3) is 5.50. The molecule has 1 heterocycles. The van der Waals surface area contributed by atoms with Crippen LogP contribution in [-0.4, -0.2) is 59.5 Å². The second-order valence-corrected chi connectivity index (χ2v) is 5.70. The minimum absolute atomic E-state index is 0.0340. The summed E-state index contributed by atoms with van der Waals surface area (Å²) in [5, 5.41) is 20.3. The molecular weight excluding hydrogens is 332 g/mol. The average Bonchev–Trinajstić information content (AvgIpc) is 2.55. The Bertz CT molecular complexity index is 575. The smallest absolute Gasteiger partial charge is 0.303 e. The standard InChI is InChI=1S/C17H22O8/c1-10(18)23-15-13(9-22-8-12-6-4-3-5-7-12)25-17(21)16(14(15)20)24-11(2)19/h3-7,13-17,20-21H,8-9H2,1-2H3. The molecule has 2 N–H and O–H groups in total. The van der Waals surface area contributed by atoms with E-state index in [1.54, 1.807) is 0 Å². The highest BCUT2D eigenvalue weighted by Crippen LogP contribution is 2.25. The number of ether oxygens (including phenoxy) is 4. The average molecular weight is 354 g/mol. The van der Waals surface area contributed by atoms with E-state index in [0.29, 0.717) is 0 Å². The highest BCUT2D eigenvalue weighted by Gasteiger charge is 2.48. The van der Waals surface area contributed by atoms with Crippen molar-refractivity contribution < 1.29 is 38.7 Å². The van der Waals surface area contributed by atoms with E-state index in [1.807, 2.05) is 30.3 Å². The molecule has 1 aliphatic rings. The Morgan fingerprint density at radius 3 is 2.24 bits per heavy atom. The van der Waals surface area contributed by atoms with Gasteiger partial charge in [-0.15, -0.1) is 0 Å². The molecule has 8 heteroatoms. The van der Waals surface area contributed by atoms with E-state index in [1.165, 1.54) is 6.92 Å². The fraction of sp³-hybridized carbons (Fsp3) is 0.529. The van der Waals surface area contributed by atoms with Gasteiger partial charge in [0.05, 0.1) is 13.2 Å². The second kappa shape index (κ2) is 8.91. The van der Waals surface area contributed by atoms with E-state index in [9.17, 15) is 19.8 Å². The minimum atomic E-state index is -1.56. The van der Waals surface area contributed by atoms with Crippen LogP contribution in [0.5, 0.6) is 0 Å². The largest absolute Gasteiger partial charge is 0.457 e. The Kier molecular flexibility index (Phi) is 6.89. The number of hydrogen-bond acceptors (Lipinski definition) is 8. The fourth-order valence-corrected chi connectivity index (χ4v) is 2.57. The number of carbonyl (C=O) groups is 2. The van der Waals surface area contributed by atoms with Crippen LogP contribution in [0.15, 0.2) is 30.3 Å². The number of aliphatic hydroxyl groups excluding tert-OH is 2. The predicted octanol–water partition coefficient (Wildman–Crippen LogP) is 0.145. The van der Waals surface area contributed by atoms with Crippen molar-refractivity contribution in [3.8, 4) is 0 Å². The molecule has 1 aromatic rings. The highest BCUT2D eigenvalue weighted by atomic mass is 16.7. The Balaban J connectivity index is 2.01. The van der Waals surface area contributed by atoms with Gasteiger partial charge in [0.1, 0.15) is 12.2 Å². The summed E-state index contributed by atoms with van der Waals surface area (Å²) in [4.78, 5) is 22.4. The van der Waals surface area contributed by atoms with Crippen molar-refractivity contribution in [2.75, 3.05) is 6.61 Å². The molecule has 0 bridgehead atoms. The van der Waals surface area contributed by atoms with Crippen molar-refractivity contribution in [1.29, 1.82) is 0 Å². The summed E-state index contributed by atoms with van der Waals surface area (Å²) in [5.74, 6) is -1.34. The lowest BCUT2D eigenvalue weighted by Crippen LogP contribution is -2.61. The van der Waals surface area contributed by atoms with Gasteiger partial charge in [0.25, 0.3) is 0 Å². The van der Waals surface area contributed by atoms with Gasteiger partial charge in [0.2, 0.25) is 0 Å². The van der Waals surface area contributed by atoms with E-state index >= 15 is 0 Å². The predicted molar refractivity (Wildman–Crippen MR) is 84.1 cm³/mol. The molecule has 1 saturated heterocycles. The zero-order valence-corrected chi connectivity index (χ0v) is 14.0. The summed E-state index contributed by atoms with van der Waals surface area (Å²) >= 11 is 0. The van der Waals surface area contributed by atoms with Gasteiger partial charge in [0, 0.05) is 13.8 Å². The molecule has 0 aliphatic carbocycles. The Hall–Kier alpha value is -2.00. The molecule has 5 unspecified atom stereocenters. The normalized spacial score (nSPS) is 29.0. The van der Waals surface area contributed by atoms with Gasteiger partial charge >= 0.3 is 11.9 Å². The van der Waals surface area contributed by atoms with Crippen LogP contribution in [0.4, 0.5) is 0 Å². The lowest BCUT2D eigenvalue weighted by Gasteiger charge is -2.41. The molecule has 0 amide bonds. The second-order valence-electron chi connectivity index (χ2n) is 5.70. The first kappa shape index (κ1) is 19.3. The maximum atomic E-state index is 11.3. The van der Waals surface area contributed by atoms with E-state index in [0.717, 1.165) is 12.5 Å². The Morgan fingerprint density at radius 2 is 1.64 bits per heavy atom. The molecule has 0 radical (unpaired) electrons. The van der Waals surface area contributed by atoms with Gasteiger partial charge in [-0.3, -0.25) is 9.59 Å². The molecule has 1 aliphatic heterocycles. The summed E-state index contributed by atoms with van der Waals surface area (Å²) in [6.07, 6.45) is -6.41. The lowest BCUT2D eigenvalue weighted by atomic mass is 9.98. The molecule has 25 heavy (non-hydrogen) atoms. The molecule has 1 fully saturated rings. The Morgan fingerprint density at radius 1 is 1.04 bits per heavy atom. The number of benzene rings is 1. The van der Waals surface area contributed by atoms with Crippen molar-refractivity contribution in [3.63, 3.8) is 0 Å². The highest BCUT2D eigenvalue weighted by molar-refractivity contribution is 5.67. The lowest BCUT2D eigenvalue weighted by molar-refractivity contribution is -0.295. The maximum absolute atomic E-state index is 11.3. The van der Waals surface area contributed by atoms with Crippen LogP contribution in [-0.2, 0) is 35.1 Å². The summed E-state index contributed by atoms with van der Waals surface area (Å²) in [7, 11) is 0. The quantitative estimate of drug-likeness (QED) is 0.694. The molecule has 5 atom stereocenters. The van der Waals surface area contributed by atoms with Gasteiger partial charge in [-0.2, -0.15) is 0 Å². The zero-order chi connectivity index (χ0) is 18.4. The van der Waals surface area contributed by atoms with E-state index in [4.69, 9.17) is 18.9 Å². The van der Waals surface area contributed by atoms with Gasteiger partial charge in [-0.05, 0) is 5.56 Å². The van der Waals surface area contributed by atoms with Gasteiger partial charge < -0.3 is 29.2 Å². The number of esters is 2. The van der Waals surface area contributed by atoms with Crippen LogP contribution in [0.3, 0.4) is 0 Å². The van der Waals surface area contributed by atoms with Crippen LogP contribution in [0, 0.1) is 0 Å². The van der Waals surface area contributed by atoms with Crippen molar-refractivity contribution in [2.24, 2.45) is 0 Å². The van der Waals surface area contributed by atoms with Crippen LogP contribution in [0.25, 0.3) is 0 Å². The number of hydrogen-bond donors (Lipinski definition) is 2. The third-order valence-corrected chi connectivity index (χ3v) is 3.63. The molecule has 8 nitrogen and oxygen atoms in total. The van der Waals surface area contributed by atoms with E-state index in [2.05, 4.69) is 0 Å². The van der Waals surface area contributed by atoms with E-state index < -0.39 is 42.6 Å². The summed E-state index contributed by atoms with van der Waals surface area (Å²) in [5.41, 5.74) is 0.932. The topological polar surface area (TPSA) is 112 Å². The molecule has 1 aromatic carbocycles. The van der Waals surface area contributed by atoms with Crippen LogP contribution in [0.2, 0.25) is 0 Å². The zero-order valence-electron chi connectivity index (χ0n) is 14.0. The van der Waals surface area contributed by atoms with Crippen LogP contribution in [0.1, 0.15) is 19.4 Å². The molecule has 138 valence electrons. The van der Waals surface area contributed by atoms with Crippen molar-refractivity contribution in [2.45, 2.75) is 51.2 Å². The Labute approximate surface area is 145 Å². The van der Waals surface area contributed by atoms with Crippen molar-refractivity contribution in [1.82, 2.24) is 0 Å². The molecule has 0 saturated carbocycles. The molecular formula is C17H22O8. The molecule has 2 rings (SSSR count). The number of aliphatic hydroxyl groups is 2. The molecule has 0 spiro atoms. The SMILES string of the molecule is CC(=O)OC1C(O)OC(COCc2ccccc2)C(OC(C)=O)C1O. The number of carbonyl (C=O) groups excluding carboxylic acids is 2. The fourth-order valence-electron chi connectivity index (χ4n) is 2.57. The van der Waals surface area contributed by atoms with Crippen molar-refractivity contribution >= 4 is 11.9 Å². The first-order valence-corrected chi connectivity index (χ1v) is 7.86. The third-order valence-electron chi connectivity index (χ3n) is 3.63. The van der Waals surface area contributed by atoms with Gasteiger partial charge in [0.15, 0.2) is 18.5 Å². The molecule has 0 aromatic heterocycles. The number of rotatable bonds is 6. The van der Waals surface area contributed by atoms with Crippen LogP contribution < -0.4 is 0 Å². The first-order chi connectivity index (χ1) is 11.9. The van der Waals surface area contributed by atoms with Gasteiger partial charge in [-0.1, -0.05) is 30.3 Å². The first-order valence-electron chi connectivity index (χ1n) is 7.86. The summed E-state index contributed by atoms with van der Waals surface area (Å²) in [6.45, 7) is 2.57. The van der Waals surface area contributed by atoms with Crippen LogP contribution >= 0.6 is 0 Å². The maximum Gasteiger partial charge on any atom is 0.303 e. The monoisotopic (exact) mass is 354 g/mol. The van der Waals surface area contributed by atoms with Crippen molar-refractivity contribution in [3.05, 3.63) is 35.9 Å². The minimum Gasteiger partial charge on any atom is -0.457 e. The van der Waals surface area contributed by atoms with E-state index in [-0.39, 0.29) is 13.2 Å². The van der Waals surface area contributed by atoms with Gasteiger partial charge in [-0.25, -0.2) is 0 Å².